The lowest BCUT2D eigenvalue weighted by atomic mass is 9.72. The molecule has 1 saturated carbocycles. The Morgan fingerprint density at radius 2 is 1.81 bits per heavy atom. The van der Waals surface area contributed by atoms with E-state index in [2.05, 4.69) is 16.8 Å². The van der Waals surface area contributed by atoms with E-state index < -0.39 is 69.2 Å². The van der Waals surface area contributed by atoms with Crippen molar-refractivity contribution in [1.29, 1.82) is 5.26 Å². The number of allylic oxidation sites excluding steroid dienone is 4. The van der Waals surface area contributed by atoms with Gasteiger partial charge >= 0.3 is 18.3 Å². The first-order chi connectivity index (χ1) is 27.0. The number of carbonyl (C=O) groups excluding carboxylic acids is 2. The minimum atomic E-state index is -4.93. The Hall–Kier alpha value is -5.07. The number of alkyl halides is 6. The molecule has 2 saturated heterocycles. The van der Waals surface area contributed by atoms with Gasteiger partial charge in [-0.15, -0.1) is 11.3 Å². The lowest BCUT2D eigenvalue weighted by Crippen LogP contribution is -2.68. The third-order valence-electron chi connectivity index (χ3n) is 11.1. The van der Waals surface area contributed by atoms with Crippen molar-refractivity contribution in [3.63, 3.8) is 0 Å². The lowest BCUT2D eigenvalue weighted by Gasteiger charge is -2.51. The number of rotatable bonds is 10. The van der Waals surface area contributed by atoms with E-state index in [0.717, 1.165) is 34.7 Å². The topological polar surface area (TPSA) is 133 Å². The van der Waals surface area contributed by atoms with E-state index in [1.807, 2.05) is 0 Å². The summed E-state index contributed by atoms with van der Waals surface area (Å²) >= 11 is 0.360. The van der Waals surface area contributed by atoms with Gasteiger partial charge in [0.05, 0.1) is 29.0 Å². The second kappa shape index (κ2) is 16.4. The average Bonchev–Trinajstić information content (AvgIpc) is 3.80. The van der Waals surface area contributed by atoms with Gasteiger partial charge in [-0.25, -0.2) is 0 Å². The number of hydrogen-bond donors (Lipinski definition) is 1. The molecule has 2 aromatic heterocycles. The normalized spacial score (nSPS) is 24.9. The molecule has 2 amide bonds. The van der Waals surface area contributed by atoms with Gasteiger partial charge < -0.3 is 24.4 Å². The second-order valence-corrected chi connectivity index (χ2v) is 15.5. The van der Waals surface area contributed by atoms with Crippen molar-refractivity contribution in [3.8, 4) is 11.8 Å². The minimum Gasteiger partial charge on any atom is -0.483 e. The molecule has 2 aromatic rings. The second-order valence-electron chi connectivity index (χ2n) is 14.6. The fraction of sp³-hybridized carbons (Fsp3) is 0.500. The van der Waals surface area contributed by atoms with E-state index in [1.165, 1.54) is 4.90 Å². The van der Waals surface area contributed by atoms with E-state index >= 15 is 4.79 Å². The van der Waals surface area contributed by atoms with E-state index in [-0.39, 0.29) is 63.6 Å². The quantitative estimate of drug-likeness (QED) is 0.187. The summed E-state index contributed by atoms with van der Waals surface area (Å²) in [4.78, 5) is 45.9. The maximum absolute atomic E-state index is 15.0. The van der Waals surface area contributed by atoms with Gasteiger partial charge in [-0.05, 0) is 69.2 Å². The lowest BCUT2D eigenvalue weighted by molar-refractivity contribution is -0.161. The number of carboxylic acids is 1. The molecular weight excluding hydrogens is 779 g/mol. The minimum absolute atomic E-state index is 0.00818. The number of likely N-dealkylation sites (tertiary alicyclic amines) is 2. The molecule has 6 rings (SSSR count). The molecule has 4 unspecified atom stereocenters. The zero-order valence-corrected chi connectivity index (χ0v) is 31.7. The van der Waals surface area contributed by atoms with Crippen LogP contribution in [-0.4, -0.2) is 75.1 Å². The standard InChI is InChI=1S/C40H40F6N4O6S/c1-2-7-31-38(56-29-22-32(57-23-29)40(44,45)46,13-6-17-50(31)34(51)33-30(39(41,42)43)10-5-16-48-33)36(54)49-18-14-37(24-47,15-19-49)26-8-3-4-9-27(21-26)55-28-12-11-25(20-28)35(52)53/h3-5,8-10,16,22-23,25,28,31H,2,6-7,11-15,17-20H2,1H3,(H,52,53). The van der Waals surface area contributed by atoms with Crippen molar-refractivity contribution in [1.82, 2.24) is 14.8 Å². The maximum Gasteiger partial charge on any atom is 0.425 e. The Morgan fingerprint density at radius 3 is 2.44 bits per heavy atom. The highest BCUT2D eigenvalue weighted by molar-refractivity contribution is 7.10. The van der Waals surface area contributed by atoms with Crippen LogP contribution in [0.3, 0.4) is 0 Å². The summed E-state index contributed by atoms with van der Waals surface area (Å²) in [7, 11) is 0. The van der Waals surface area contributed by atoms with Crippen molar-refractivity contribution in [2.75, 3.05) is 19.6 Å². The van der Waals surface area contributed by atoms with Gasteiger partial charge in [-0.2, -0.15) is 31.6 Å². The number of aromatic nitrogens is 1. The number of nitrogens with zero attached hydrogens (tertiary/aromatic N) is 4. The molecule has 0 spiro atoms. The molecule has 0 aromatic carbocycles. The summed E-state index contributed by atoms with van der Waals surface area (Å²) in [6, 6.07) is 3.74. The van der Waals surface area contributed by atoms with Crippen molar-refractivity contribution in [2.24, 2.45) is 11.3 Å². The van der Waals surface area contributed by atoms with Crippen molar-refractivity contribution in [3.05, 3.63) is 87.3 Å². The number of amides is 2. The fourth-order valence-electron chi connectivity index (χ4n) is 8.19. The number of thiophene rings is 1. The molecule has 2 aliphatic heterocycles. The van der Waals surface area contributed by atoms with Crippen LogP contribution in [0.5, 0.6) is 5.75 Å². The SMILES string of the molecule is CCCC1N(C(=O)c2ncccc2C(F)(F)F)CCCC1(Oc1csc(C(F)(F)F)c1)C(=O)N1CCC(C#N)(C2=C=C(OC3CCC(C(=O)O)C3)C=CC=C2)CC1. The molecule has 10 nitrogen and oxygen atoms in total. The zero-order valence-electron chi connectivity index (χ0n) is 30.9. The third-order valence-corrected chi connectivity index (χ3v) is 12.0. The number of pyridine rings is 1. The maximum atomic E-state index is 15.0. The Kier molecular flexibility index (Phi) is 12.0. The number of hydrogen-bond acceptors (Lipinski definition) is 8. The molecule has 4 aliphatic rings. The van der Waals surface area contributed by atoms with E-state index in [4.69, 9.17) is 9.47 Å². The van der Waals surface area contributed by atoms with Gasteiger partial charge in [0.25, 0.3) is 11.8 Å². The van der Waals surface area contributed by atoms with Crippen molar-refractivity contribution in [2.45, 2.75) is 94.8 Å². The van der Waals surface area contributed by atoms with Gasteiger partial charge in [-0.1, -0.05) is 31.2 Å². The molecule has 17 heteroatoms. The first-order valence-corrected chi connectivity index (χ1v) is 19.5. The smallest absolute Gasteiger partial charge is 0.425 e. The molecule has 57 heavy (non-hydrogen) atoms. The predicted octanol–water partition coefficient (Wildman–Crippen LogP) is 8.34. The van der Waals surface area contributed by atoms with Crippen molar-refractivity contribution < 1.29 is 55.3 Å². The zero-order chi connectivity index (χ0) is 41.2. The average molecular weight is 819 g/mol. The van der Waals surface area contributed by atoms with Crippen LogP contribution in [0.1, 0.15) is 85.6 Å². The number of carboxylic acid groups (broad SMARTS) is 1. The van der Waals surface area contributed by atoms with Crippen LogP contribution in [0.25, 0.3) is 0 Å². The predicted molar refractivity (Wildman–Crippen MR) is 193 cm³/mol. The van der Waals surface area contributed by atoms with E-state index in [1.54, 1.807) is 31.2 Å². The van der Waals surface area contributed by atoms with E-state index in [9.17, 15) is 46.3 Å². The number of piperidine rings is 2. The van der Waals surface area contributed by atoms with Crippen LogP contribution in [0.2, 0.25) is 0 Å². The number of nitriles is 1. The first-order valence-electron chi connectivity index (χ1n) is 18.7. The summed E-state index contributed by atoms with van der Waals surface area (Å²) in [5.41, 5.74) is -1.60. The molecule has 0 radical (unpaired) electrons. The van der Waals surface area contributed by atoms with Gasteiger partial charge in [0.2, 0.25) is 5.60 Å². The monoisotopic (exact) mass is 818 g/mol. The number of ether oxygens (including phenoxy) is 2. The summed E-state index contributed by atoms with van der Waals surface area (Å²) < 4.78 is 95.9. The van der Waals surface area contributed by atoms with Gasteiger partial charge in [-0.3, -0.25) is 19.4 Å². The third kappa shape index (κ3) is 8.62. The van der Waals surface area contributed by atoms with Crippen LogP contribution in [0, 0.1) is 22.7 Å². The Bertz CT molecular complexity index is 2040. The Balaban J connectivity index is 1.33. The number of carbonyl (C=O) groups is 3. The summed E-state index contributed by atoms with van der Waals surface area (Å²) in [5, 5.41) is 21.1. The van der Waals surface area contributed by atoms with Gasteiger partial charge in [0.1, 0.15) is 22.4 Å². The molecular formula is C40H40F6N4O6S. The van der Waals surface area contributed by atoms with Crippen LogP contribution in [0.15, 0.2) is 71.1 Å². The Labute approximate surface area is 328 Å². The first kappa shape index (κ1) is 41.6. The Morgan fingerprint density at radius 1 is 1.07 bits per heavy atom. The summed E-state index contributed by atoms with van der Waals surface area (Å²) in [6.07, 6.45) is -0.142. The molecule has 4 atom stereocenters. The van der Waals surface area contributed by atoms with Gasteiger partial charge in [0, 0.05) is 49.3 Å². The van der Waals surface area contributed by atoms with Gasteiger partial charge in [0.15, 0.2) is 5.76 Å². The number of aliphatic carboxylic acids is 1. The summed E-state index contributed by atoms with van der Waals surface area (Å²) in [6.45, 7) is 1.67. The number of halogens is 6. The van der Waals surface area contributed by atoms with Crippen molar-refractivity contribution >= 4 is 29.1 Å². The molecule has 304 valence electrons. The highest BCUT2D eigenvalue weighted by atomic mass is 32.1. The fourth-order valence-corrected chi connectivity index (χ4v) is 8.86. The van der Waals surface area contributed by atoms with Crippen LogP contribution in [-0.2, 0) is 26.7 Å². The highest BCUT2D eigenvalue weighted by Gasteiger charge is 2.57. The van der Waals surface area contributed by atoms with Crippen LogP contribution >= 0.6 is 11.3 Å². The van der Waals surface area contributed by atoms with Crippen LogP contribution in [0.4, 0.5) is 26.3 Å². The molecule has 3 fully saturated rings. The molecule has 2 aliphatic carbocycles. The largest absolute Gasteiger partial charge is 0.483 e. The highest BCUT2D eigenvalue weighted by Crippen LogP contribution is 2.45. The molecule has 0 bridgehead atoms. The molecule has 4 heterocycles. The van der Waals surface area contributed by atoms with E-state index in [0.29, 0.717) is 48.4 Å². The van der Waals surface area contributed by atoms with Crippen LogP contribution < -0.4 is 4.74 Å². The summed E-state index contributed by atoms with van der Waals surface area (Å²) in [5.74, 6) is -3.10. The molecule has 1 N–H and O–H groups in total.